The molecule has 7 nitrogen and oxygen atoms in total. The number of benzene rings is 2. The van der Waals surface area contributed by atoms with Gasteiger partial charge in [0.1, 0.15) is 0 Å². The maximum atomic E-state index is 12.8. The van der Waals surface area contributed by atoms with Gasteiger partial charge in [0.25, 0.3) is 15.9 Å². The summed E-state index contributed by atoms with van der Waals surface area (Å²) in [6.45, 7) is 5.85. The van der Waals surface area contributed by atoms with Crippen molar-refractivity contribution in [3.05, 3.63) is 69.7 Å². The molecule has 1 aromatic heterocycles. The fourth-order valence-corrected chi connectivity index (χ4v) is 5.30. The maximum Gasteiger partial charge on any atom is 0.270 e. The zero-order chi connectivity index (χ0) is 21.9. The highest BCUT2D eigenvalue weighted by atomic mass is 35.5. The van der Waals surface area contributed by atoms with E-state index in [1.54, 1.807) is 24.3 Å². The molecule has 2 N–H and O–H groups in total. The lowest BCUT2D eigenvalue weighted by Gasteiger charge is -2.19. The van der Waals surface area contributed by atoms with Crippen LogP contribution in [0, 0.1) is 13.8 Å². The Morgan fingerprint density at radius 2 is 1.83 bits per heavy atom. The first-order valence-electron chi connectivity index (χ1n) is 9.19. The van der Waals surface area contributed by atoms with Crippen molar-refractivity contribution in [2.24, 2.45) is 0 Å². The Morgan fingerprint density at radius 1 is 1.13 bits per heavy atom. The number of nitrogens with one attached hydrogen (secondary N) is 2. The lowest BCUT2D eigenvalue weighted by molar-refractivity contribution is 0.102. The molecule has 0 spiro atoms. The predicted molar refractivity (Wildman–Crippen MR) is 119 cm³/mol. The van der Waals surface area contributed by atoms with Crippen molar-refractivity contribution in [2.45, 2.75) is 37.6 Å². The van der Waals surface area contributed by atoms with Crippen molar-refractivity contribution in [3.63, 3.8) is 0 Å². The second-order valence-corrected chi connectivity index (χ2v) is 10.1. The number of sulfonamides is 1. The summed E-state index contributed by atoms with van der Waals surface area (Å²) in [5, 5.41) is 10.7. The molecule has 1 atom stereocenters. The number of carbonyl (C=O) groups excluding carboxylic acids is 1. The number of rotatable bonds is 7. The predicted octanol–water partition coefficient (Wildman–Crippen LogP) is 4.49. The van der Waals surface area contributed by atoms with Crippen LogP contribution in [0.15, 0.2) is 46.8 Å². The molecule has 0 saturated heterocycles. The standard InChI is InChI=1S/C20H21ClN4O3S2/c1-4-17(16-10-5-12(2)11-13(16)3)25-30(27,28)20-24-23-19(29-20)22-18(26)14-6-8-15(21)9-7-14/h5-11,17,25H,4H2,1-3H3,(H,22,23,26)/t17-/m1/s1. The van der Waals surface area contributed by atoms with Crippen LogP contribution in [0.1, 0.15) is 46.4 Å². The molecular weight excluding hydrogens is 444 g/mol. The third-order valence-corrected chi connectivity index (χ3v) is 7.40. The van der Waals surface area contributed by atoms with Crippen LogP contribution in [0.25, 0.3) is 0 Å². The van der Waals surface area contributed by atoms with E-state index in [1.807, 2.05) is 39.0 Å². The number of amides is 1. The Kier molecular flexibility index (Phi) is 6.87. The zero-order valence-corrected chi connectivity index (χ0v) is 19.0. The third-order valence-electron chi connectivity index (χ3n) is 4.47. The van der Waals surface area contributed by atoms with Crippen LogP contribution in [0.3, 0.4) is 0 Å². The summed E-state index contributed by atoms with van der Waals surface area (Å²) in [7, 11) is -3.91. The Morgan fingerprint density at radius 3 is 2.47 bits per heavy atom. The van der Waals surface area contributed by atoms with Gasteiger partial charge in [0.05, 0.1) is 0 Å². The molecule has 0 radical (unpaired) electrons. The molecule has 10 heteroatoms. The number of aromatic nitrogens is 2. The van der Waals surface area contributed by atoms with Crippen molar-refractivity contribution >= 4 is 44.0 Å². The molecule has 1 amide bonds. The Bertz CT molecular complexity index is 1160. The van der Waals surface area contributed by atoms with Crippen molar-refractivity contribution in [3.8, 4) is 0 Å². The smallest absolute Gasteiger partial charge is 0.270 e. The van der Waals surface area contributed by atoms with Gasteiger partial charge >= 0.3 is 0 Å². The molecule has 158 valence electrons. The summed E-state index contributed by atoms with van der Waals surface area (Å²) in [4.78, 5) is 12.3. The SMILES string of the molecule is CC[C@@H](NS(=O)(=O)c1nnc(NC(=O)c2ccc(Cl)cc2)s1)c1ccc(C)cc1C. The summed E-state index contributed by atoms with van der Waals surface area (Å²) in [6.07, 6.45) is 0.572. The van der Waals surface area contributed by atoms with Gasteiger partial charge in [-0.3, -0.25) is 10.1 Å². The molecule has 1 heterocycles. The minimum atomic E-state index is -3.91. The van der Waals surface area contributed by atoms with Crippen LogP contribution in [0.2, 0.25) is 5.02 Å². The van der Waals surface area contributed by atoms with E-state index < -0.39 is 22.0 Å². The van der Waals surface area contributed by atoms with Gasteiger partial charge in [-0.1, -0.05) is 53.6 Å². The Balaban J connectivity index is 1.75. The molecule has 0 bridgehead atoms. The van der Waals surface area contributed by atoms with Gasteiger partial charge in [-0.25, -0.2) is 13.1 Å². The van der Waals surface area contributed by atoms with Crippen LogP contribution in [-0.4, -0.2) is 24.5 Å². The van der Waals surface area contributed by atoms with Gasteiger partial charge in [-0.05, 0) is 55.7 Å². The number of aryl methyl sites for hydroxylation is 2. The van der Waals surface area contributed by atoms with Crippen LogP contribution in [-0.2, 0) is 10.0 Å². The molecule has 3 aromatic rings. The van der Waals surface area contributed by atoms with Gasteiger partial charge in [0, 0.05) is 16.6 Å². The molecule has 30 heavy (non-hydrogen) atoms. The Hall–Kier alpha value is -2.33. The first-order chi connectivity index (χ1) is 14.2. The van der Waals surface area contributed by atoms with Crippen LogP contribution in [0.4, 0.5) is 5.13 Å². The van der Waals surface area contributed by atoms with E-state index in [-0.39, 0.29) is 9.47 Å². The van der Waals surface area contributed by atoms with Crippen molar-refractivity contribution in [1.82, 2.24) is 14.9 Å². The lowest BCUT2D eigenvalue weighted by atomic mass is 9.98. The van der Waals surface area contributed by atoms with E-state index in [1.165, 1.54) is 0 Å². The number of hydrogen-bond donors (Lipinski definition) is 2. The monoisotopic (exact) mass is 464 g/mol. The average Bonchev–Trinajstić information content (AvgIpc) is 3.16. The van der Waals surface area contributed by atoms with Gasteiger partial charge in [-0.15, -0.1) is 10.2 Å². The number of anilines is 1. The van der Waals surface area contributed by atoms with E-state index in [0.29, 0.717) is 17.0 Å². The van der Waals surface area contributed by atoms with E-state index >= 15 is 0 Å². The van der Waals surface area contributed by atoms with Crippen LogP contribution in [0.5, 0.6) is 0 Å². The van der Waals surface area contributed by atoms with Crippen molar-refractivity contribution in [1.29, 1.82) is 0 Å². The maximum absolute atomic E-state index is 12.8. The number of carbonyl (C=O) groups is 1. The fraction of sp³-hybridized carbons (Fsp3) is 0.250. The minimum Gasteiger partial charge on any atom is -0.296 e. The molecule has 0 aliphatic carbocycles. The molecule has 0 aliphatic heterocycles. The molecule has 3 rings (SSSR count). The molecular formula is C20H21ClN4O3S2. The first-order valence-corrected chi connectivity index (χ1v) is 11.9. The number of halogens is 1. The largest absolute Gasteiger partial charge is 0.296 e. The molecule has 0 unspecified atom stereocenters. The van der Waals surface area contributed by atoms with Crippen molar-refractivity contribution in [2.75, 3.05) is 5.32 Å². The van der Waals surface area contributed by atoms with E-state index in [9.17, 15) is 13.2 Å². The third kappa shape index (κ3) is 5.23. The van der Waals surface area contributed by atoms with Crippen LogP contribution < -0.4 is 10.0 Å². The average molecular weight is 465 g/mol. The second-order valence-electron chi connectivity index (χ2n) is 6.78. The topological polar surface area (TPSA) is 101 Å². The summed E-state index contributed by atoms with van der Waals surface area (Å²) in [6, 6.07) is 11.8. The molecule has 0 fully saturated rings. The highest BCUT2D eigenvalue weighted by Gasteiger charge is 2.25. The summed E-state index contributed by atoms with van der Waals surface area (Å²) in [5.74, 6) is -0.429. The van der Waals surface area contributed by atoms with E-state index in [0.717, 1.165) is 28.0 Å². The van der Waals surface area contributed by atoms with E-state index in [4.69, 9.17) is 11.6 Å². The van der Waals surface area contributed by atoms with Gasteiger partial charge in [0.2, 0.25) is 9.47 Å². The van der Waals surface area contributed by atoms with Gasteiger partial charge in [-0.2, -0.15) is 0 Å². The van der Waals surface area contributed by atoms with Gasteiger partial charge < -0.3 is 0 Å². The van der Waals surface area contributed by atoms with Gasteiger partial charge in [0.15, 0.2) is 0 Å². The quantitative estimate of drug-likeness (QED) is 0.501. The highest BCUT2D eigenvalue weighted by molar-refractivity contribution is 7.91. The van der Waals surface area contributed by atoms with Crippen molar-refractivity contribution < 1.29 is 13.2 Å². The lowest BCUT2D eigenvalue weighted by Crippen LogP contribution is -2.28. The van der Waals surface area contributed by atoms with E-state index in [2.05, 4.69) is 20.2 Å². The Labute approximate surface area is 184 Å². The fourth-order valence-electron chi connectivity index (χ4n) is 2.96. The molecule has 2 aromatic carbocycles. The minimum absolute atomic E-state index is 0.0925. The molecule has 0 saturated carbocycles. The zero-order valence-electron chi connectivity index (χ0n) is 16.6. The van der Waals surface area contributed by atoms with Crippen LogP contribution >= 0.6 is 22.9 Å². The number of nitrogens with zero attached hydrogens (tertiary/aromatic N) is 2. The number of hydrogen-bond acceptors (Lipinski definition) is 6. The normalized spacial score (nSPS) is 12.5. The summed E-state index contributed by atoms with van der Waals surface area (Å²) < 4.78 is 28.1. The summed E-state index contributed by atoms with van der Waals surface area (Å²) >= 11 is 6.61. The first kappa shape index (κ1) is 22.4. The highest BCUT2D eigenvalue weighted by Crippen LogP contribution is 2.26. The molecule has 0 aliphatic rings. The summed E-state index contributed by atoms with van der Waals surface area (Å²) in [5.41, 5.74) is 3.40. The second kappa shape index (κ2) is 9.22.